The van der Waals surface area contributed by atoms with E-state index in [1.54, 1.807) is 6.21 Å². The van der Waals surface area contributed by atoms with Crippen LogP contribution in [0.5, 0.6) is 0 Å². The van der Waals surface area contributed by atoms with E-state index in [4.69, 9.17) is 0 Å². The molecule has 1 heterocycles. The molecule has 1 aliphatic rings. The maximum atomic E-state index is 11.4. The van der Waals surface area contributed by atoms with Crippen LogP contribution in [0, 0.1) is 0 Å². The Kier molecular flexibility index (Phi) is 2.44. The van der Waals surface area contributed by atoms with E-state index < -0.39 is 5.54 Å². The van der Waals surface area contributed by atoms with Gasteiger partial charge in [-0.15, -0.1) is 0 Å². The van der Waals surface area contributed by atoms with Gasteiger partial charge in [0, 0.05) is 6.21 Å². The van der Waals surface area contributed by atoms with E-state index >= 15 is 0 Å². The Morgan fingerprint density at radius 3 is 2.91 bits per heavy atom. The summed E-state index contributed by atoms with van der Waals surface area (Å²) in [5.41, 5.74) is -0.483. The Hall–Kier alpha value is -0.220. The van der Waals surface area contributed by atoms with Crippen LogP contribution in [0.1, 0.15) is 6.92 Å². The van der Waals surface area contributed by atoms with Crippen molar-refractivity contribution in [2.24, 2.45) is 4.99 Å². The molecule has 1 aliphatic heterocycles. The molecule has 0 radical (unpaired) electrons. The fourth-order valence-corrected chi connectivity index (χ4v) is 1.57. The second-order valence-corrected chi connectivity index (χ2v) is 3.42. The molecule has 0 aliphatic carbocycles. The Balaban J connectivity index is 2.80. The van der Waals surface area contributed by atoms with E-state index in [-0.39, 0.29) is 5.78 Å². The lowest BCUT2D eigenvalue weighted by molar-refractivity contribution is -0.122. The Morgan fingerprint density at radius 1 is 1.91 bits per heavy atom. The van der Waals surface area contributed by atoms with Crippen molar-refractivity contribution in [3.05, 3.63) is 0 Å². The lowest BCUT2D eigenvalue weighted by Gasteiger charge is -2.27. The summed E-state index contributed by atoms with van der Waals surface area (Å²) < 4.78 is 0. The molecule has 1 rings (SSSR count). The van der Waals surface area contributed by atoms with Crippen LogP contribution < -0.4 is 0 Å². The van der Waals surface area contributed by atoms with Crippen LogP contribution in [0.25, 0.3) is 0 Å². The molecule has 0 fully saturated rings. The van der Waals surface area contributed by atoms with Gasteiger partial charge in [0.2, 0.25) is 0 Å². The summed E-state index contributed by atoms with van der Waals surface area (Å²) in [5.74, 6) is 0.154. The number of halogens is 1. The molecular weight excluding hydrogens is 208 g/mol. The Labute approximate surface area is 74.6 Å². The van der Waals surface area contributed by atoms with E-state index in [0.29, 0.717) is 12.0 Å². The van der Waals surface area contributed by atoms with Crippen molar-refractivity contribution in [1.82, 2.24) is 4.90 Å². The van der Waals surface area contributed by atoms with Crippen LogP contribution in [-0.4, -0.2) is 41.5 Å². The van der Waals surface area contributed by atoms with Gasteiger partial charge in [-0.1, -0.05) is 15.9 Å². The van der Waals surface area contributed by atoms with Crippen LogP contribution in [0.3, 0.4) is 0 Å². The minimum atomic E-state index is -0.483. The van der Waals surface area contributed by atoms with Crippen LogP contribution >= 0.6 is 15.9 Å². The van der Waals surface area contributed by atoms with Crippen LogP contribution in [-0.2, 0) is 4.79 Å². The number of Topliss-reactive ketones (excluding diaryl/α,β-unsaturated/α-hetero) is 1. The van der Waals surface area contributed by atoms with Crippen molar-refractivity contribution in [3.8, 4) is 0 Å². The first-order valence-electron chi connectivity index (χ1n) is 3.43. The largest absolute Gasteiger partial charge is 0.296 e. The zero-order valence-electron chi connectivity index (χ0n) is 6.67. The first kappa shape index (κ1) is 8.87. The van der Waals surface area contributed by atoms with Crippen LogP contribution in [0.2, 0.25) is 0 Å². The number of carbonyl (C=O) groups is 1. The third kappa shape index (κ3) is 1.37. The smallest absolute Gasteiger partial charge is 0.168 e. The van der Waals surface area contributed by atoms with Gasteiger partial charge in [-0.2, -0.15) is 0 Å². The topological polar surface area (TPSA) is 32.7 Å². The maximum Gasteiger partial charge on any atom is 0.168 e. The molecule has 62 valence electrons. The number of nitrogens with zero attached hydrogens (tertiary/aromatic N) is 2. The van der Waals surface area contributed by atoms with Gasteiger partial charge in [0.05, 0.1) is 12.0 Å². The molecule has 0 aromatic heterocycles. The summed E-state index contributed by atoms with van der Waals surface area (Å²) in [6.07, 6.45) is 1.72. The van der Waals surface area contributed by atoms with Gasteiger partial charge in [-0.25, -0.2) is 0 Å². The number of hydrogen-bond acceptors (Lipinski definition) is 3. The fraction of sp³-hybridized carbons (Fsp3) is 0.714. The number of carbonyl (C=O) groups excluding carboxylic acids is 1. The SMILES string of the molecule is CN1CN=CC1(C)C(=O)CBr. The first-order chi connectivity index (χ1) is 5.11. The van der Waals surface area contributed by atoms with Gasteiger partial charge in [-0.05, 0) is 14.0 Å². The summed E-state index contributed by atoms with van der Waals surface area (Å²) in [4.78, 5) is 17.3. The van der Waals surface area contributed by atoms with E-state index in [0.717, 1.165) is 0 Å². The van der Waals surface area contributed by atoms with Crippen molar-refractivity contribution in [2.75, 3.05) is 19.0 Å². The van der Waals surface area contributed by atoms with E-state index in [2.05, 4.69) is 20.9 Å². The van der Waals surface area contributed by atoms with E-state index in [9.17, 15) is 4.79 Å². The first-order valence-corrected chi connectivity index (χ1v) is 4.55. The molecule has 1 unspecified atom stereocenters. The van der Waals surface area contributed by atoms with E-state index in [1.807, 2.05) is 18.9 Å². The highest BCUT2D eigenvalue weighted by molar-refractivity contribution is 9.09. The standard InChI is InChI=1S/C7H11BrN2O/c1-7(6(11)3-8)4-9-5-10(7)2/h4H,3,5H2,1-2H3. The summed E-state index contributed by atoms with van der Waals surface area (Å²) in [6, 6.07) is 0. The highest BCUT2D eigenvalue weighted by Gasteiger charge is 2.37. The second-order valence-electron chi connectivity index (χ2n) is 2.86. The van der Waals surface area contributed by atoms with Gasteiger partial charge in [0.1, 0.15) is 5.54 Å². The summed E-state index contributed by atoms with van der Waals surface area (Å²) in [5, 5.41) is 0.389. The number of likely N-dealkylation sites (N-methyl/N-ethyl adjacent to an activating group) is 1. The number of alkyl halides is 1. The molecule has 3 nitrogen and oxygen atoms in total. The zero-order chi connectivity index (χ0) is 8.48. The third-order valence-electron chi connectivity index (χ3n) is 2.12. The highest BCUT2D eigenvalue weighted by atomic mass is 79.9. The minimum Gasteiger partial charge on any atom is -0.296 e. The van der Waals surface area contributed by atoms with Crippen molar-refractivity contribution in [2.45, 2.75) is 12.5 Å². The lowest BCUT2D eigenvalue weighted by atomic mass is 9.99. The molecule has 0 aromatic carbocycles. The van der Waals surface area contributed by atoms with Crippen molar-refractivity contribution < 1.29 is 4.79 Å². The molecule has 0 saturated heterocycles. The minimum absolute atomic E-state index is 0.154. The number of rotatable bonds is 2. The summed E-state index contributed by atoms with van der Waals surface area (Å²) in [7, 11) is 1.90. The van der Waals surface area contributed by atoms with Crippen molar-refractivity contribution in [1.29, 1.82) is 0 Å². The monoisotopic (exact) mass is 218 g/mol. The number of ketones is 1. The summed E-state index contributed by atoms with van der Waals surface area (Å²) in [6.45, 7) is 2.50. The molecule has 0 amide bonds. The Bertz CT molecular complexity index is 205. The van der Waals surface area contributed by atoms with Gasteiger partial charge in [-0.3, -0.25) is 14.7 Å². The predicted molar refractivity (Wildman–Crippen MR) is 48.3 cm³/mol. The maximum absolute atomic E-state index is 11.4. The van der Waals surface area contributed by atoms with Crippen molar-refractivity contribution in [3.63, 3.8) is 0 Å². The normalized spacial score (nSPS) is 31.2. The zero-order valence-corrected chi connectivity index (χ0v) is 8.26. The van der Waals surface area contributed by atoms with Gasteiger partial charge in [0.15, 0.2) is 5.78 Å². The molecule has 0 saturated carbocycles. The molecule has 1 atom stereocenters. The molecule has 11 heavy (non-hydrogen) atoms. The average Bonchev–Trinajstić information content (AvgIpc) is 2.32. The average molecular weight is 219 g/mol. The Morgan fingerprint density at radius 2 is 2.55 bits per heavy atom. The fourth-order valence-electron chi connectivity index (χ4n) is 1.01. The molecule has 4 heteroatoms. The van der Waals surface area contributed by atoms with Crippen LogP contribution in [0.15, 0.2) is 4.99 Å². The number of hydrogen-bond donors (Lipinski definition) is 0. The van der Waals surface area contributed by atoms with Gasteiger partial charge >= 0.3 is 0 Å². The predicted octanol–water partition coefficient (Wildman–Crippen LogP) is 0.683. The molecule has 0 spiro atoms. The molecular formula is C7H11BrN2O. The van der Waals surface area contributed by atoms with Crippen molar-refractivity contribution >= 4 is 27.9 Å². The molecule has 0 bridgehead atoms. The van der Waals surface area contributed by atoms with Gasteiger partial charge < -0.3 is 0 Å². The number of aliphatic imine (C=N–C) groups is 1. The summed E-state index contributed by atoms with van der Waals surface area (Å²) >= 11 is 3.15. The van der Waals surface area contributed by atoms with E-state index in [1.165, 1.54) is 0 Å². The second kappa shape index (κ2) is 3.03. The van der Waals surface area contributed by atoms with Crippen LogP contribution in [0.4, 0.5) is 0 Å². The molecule has 0 aromatic rings. The lowest BCUT2D eigenvalue weighted by Crippen LogP contribution is -2.48. The third-order valence-corrected chi connectivity index (χ3v) is 2.62. The highest BCUT2D eigenvalue weighted by Crippen LogP contribution is 2.17. The van der Waals surface area contributed by atoms with Gasteiger partial charge in [0.25, 0.3) is 0 Å². The quantitative estimate of drug-likeness (QED) is 0.640. The molecule has 0 N–H and O–H groups in total.